The first-order valence-electron chi connectivity index (χ1n) is 6.29. The second kappa shape index (κ2) is 4.91. The van der Waals surface area contributed by atoms with E-state index in [9.17, 15) is 5.26 Å². The van der Waals surface area contributed by atoms with E-state index in [1.54, 1.807) is 0 Å². The Morgan fingerprint density at radius 1 is 1.44 bits per heavy atom. The number of nitrogens with zero attached hydrogens (tertiary/aromatic N) is 4. The smallest absolute Gasteiger partial charge is 0.169 e. The molecule has 5 nitrogen and oxygen atoms in total. The fraction of sp³-hybridized carbons (Fsp3) is 0.615. The van der Waals surface area contributed by atoms with Crippen molar-refractivity contribution in [3.63, 3.8) is 0 Å². The Hall–Kier alpha value is -1.67. The van der Waals surface area contributed by atoms with E-state index in [4.69, 9.17) is 5.73 Å². The summed E-state index contributed by atoms with van der Waals surface area (Å²) in [7, 11) is 0. The number of anilines is 1. The fourth-order valence-corrected chi connectivity index (χ4v) is 2.36. The number of nitrogens with two attached hydrogens (primary N) is 1. The van der Waals surface area contributed by atoms with Crippen LogP contribution >= 0.6 is 0 Å². The number of rotatable bonds is 2. The SMILES string of the molecule is Cc1nnc(N2CCC(C(C)N)C2)c(C#N)c1C. The quantitative estimate of drug-likeness (QED) is 0.845. The number of nitriles is 1. The molecule has 96 valence electrons. The molecule has 1 fully saturated rings. The van der Waals surface area contributed by atoms with Crippen LogP contribution in [0.25, 0.3) is 0 Å². The van der Waals surface area contributed by atoms with E-state index >= 15 is 0 Å². The van der Waals surface area contributed by atoms with E-state index in [-0.39, 0.29) is 6.04 Å². The Kier molecular flexibility index (Phi) is 3.48. The average molecular weight is 245 g/mol. The Morgan fingerprint density at radius 3 is 2.72 bits per heavy atom. The van der Waals surface area contributed by atoms with Gasteiger partial charge in [-0.25, -0.2) is 0 Å². The third-order valence-electron chi connectivity index (χ3n) is 3.82. The molecule has 18 heavy (non-hydrogen) atoms. The van der Waals surface area contributed by atoms with E-state index in [0.29, 0.717) is 17.3 Å². The van der Waals surface area contributed by atoms with Gasteiger partial charge >= 0.3 is 0 Å². The van der Waals surface area contributed by atoms with Gasteiger partial charge in [0.05, 0.1) is 5.69 Å². The minimum atomic E-state index is 0.181. The van der Waals surface area contributed by atoms with Crippen molar-refractivity contribution in [2.75, 3.05) is 18.0 Å². The van der Waals surface area contributed by atoms with Crippen LogP contribution in [-0.2, 0) is 0 Å². The van der Waals surface area contributed by atoms with Gasteiger partial charge in [-0.05, 0) is 38.7 Å². The van der Waals surface area contributed by atoms with Gasteiger partial charge in [0.15, 0.2) is 5.82 Å². The van der Waals surface area contributed by atoms with E-state index in [2.05, 4.69) is 21.2 Å². The van der Waals surface area contributed by atoms with Crippen molar-refractivity contribution < 1.29 is 0 Å². The first-order chi connectivity index (χ1) is 8.54. The topological polar surface area (TPSA) is 78.8 Å². The number of hydrogen-bond acceptors (Lipinski definition) is 5. The molecule has 0 bridgehead atoms. The molecule has 2 N–H and O–H groups in total. The highest BCUT2D eigenvalue weighted by Crippen LogP contribution is 2.27. The third-order valence-corrected chi connectivity index (χ3v) is 3.82. The average Bonchev–Trinajstić information content (AvgIpc) is 2.82. The molecule has 0 aliphatic carbocycles. The maximum Gasteiger partial charge on any atom is 0.169 e. The highest BCUT2D eigenvalue weighted by atomic mass is 15.3. The first kappa shape index (κ1) is 12.8. The van der Waals surface area contributed by atoms with Gasteiger partial charge in [0.1, 0.15) is 11.6 Å². The Labute approximate surface area is 108 Å². The summed E-state index contributed by atoms with van der Waals surface area (Å²) in [6.07, 6.45) is 1.05. The Balaban J connectivity index is 2.31. The van der Waals surface area contributed by atoms with E-state index < -0.39 is 0 Å². The molecule has 2 heterocycles. The zero-order chi connectivity index (χ0) is 13.3. The lowest BCUT2D eigenvalue weighted by Gasteiger charge is -2.20. The zero-order valence-corrected chi connectivity index (χ0v) is 11.1. The van der Waals surface area contributed by atoms with Crippen LogP contribution in [-0.4, -0.2) is 29.3 Å². The van der Waals surface area contributed by atoms with Crippen LogP contribution in [0.4, 0.5) is 5.82 Å². The monoisotopic (exact) mass is 245 g/mol. The van der Waals surface area contributed by atoms with Crippen LogP contribution in [0.2, 0.25) is 0 Å². The van der Waals surface area contributed by atoms with Crippen molar-refractivity contribution in [2.24, 2.45) is 11.7 Å². The van der Waals surface area contributed by atoms with Crippen LogP contribution in [0.5, 0.6) is 0 Å². The summed E-state index contributed by atoms with van der Waals surface area (Å²) in [6, 6.07) is 2.43. The van der Waals surface area contributed by atoms with Crippen LogP contribution in [0.15, 0.2) is 0 Å². The van der Waals surface area contributed by atoms with Crippen molar-refractivity contribution in [3.05, 3.63) is 16.8 Å². The number of aryl methyl sites for hydroxylation is 1. The van der Waals surface area contributed by atoms with Crippen LogP contribution in [0.1, 0.15) is 30.2 Å². The molecule has 2 atom stereocenters. The van der Waals surface area contributed by atoms with Gasteiger partial charge in [-0.3, -0.25) is 0 Å². The molecule has 0 saturated carbocycles. The Morgan fingerprint density at radius 2 is 2.17 bits per heavy atom. The molecular weight excluding hydrogens is 226 g/mol. The van der Waals surface area contributed by atoms with Crippen molar-refractivity contribution in [3.8, 4) is 6.07 Å². The lowest BCUT2D eigenvalue weighted by atomic mass is 10.0. The predicted molar refractivity (Wildman–Crippen MR) is 70.2 cm³/mol. The molecule has 2 rings (SSSR count). The lowest BCUT2D eigenvalue weighted by Crippen LogP contribution is -2.30. The van der Waals surface area contributed by atoms with E-state index in [1.807, 2.05) is 20.8 Å². The third kappa shape index (κ3) is 2.16. The first-order valence-corrected chi connectivity index (χ1v) is 6.29. The minimum absolute atomic E-state index is 0.181. The lowest BCUT2D eigenvalue weighted by molar-refractivity contribution is 0.488. The highest BCUT2D eigenvalue weighted by Gasteiger charge is 2.28. The van der Waals surface area contributed by atoms with Crippen molar-refractivity contribution in [2.45, 2.75) is 33.2 Å². The molecule has 1 aromatic rings. The maximum atomic E-state index is 9.29. The summed E-state index contributed by atoms with van der Waals surface area (Å²) in [4.78, 5) is 2.13. The molecule has 0 radical (unpaired) electrons. The summed E-state index contributed by atoms with van der Waals surface area (Å²) in [5, 5.41) is 17.6. The predicted octanol–water partition coefficient (Wildman–Crippen LogP) is 1.14. The molecule has 1 aliphatic rings. The molecule has 5 heteroatoms. The Bertz CT molecular complexity index is 489. The zero-order valence-electron chi connectivity index (χ0n) is 11.1. The van der Waals surface area contributed by atoms with Crippen molar-refractivity contribution in [1.82, 2.24) is 10.2 Å². The maximum absolute atomic E-state index is 9.29. The molecular formula is C13H19N5. The van der Waals surface area contributed by atoms with Gasteiger partial charge in [0, 0.05) is 19.1 Å². The second-order valence-corrected chi connectivity index (χ2v) is 5.07. The number of hydrogen-bond donors (Lipinski definition) is 1. The molecule has 1 aromatic heterocycles. The molecule has 0 amide bonds. The van der Waals surface area contributed by atoms with Gasteiger partial charge in [0.2, 0.25) is 0 Å². The largest absolute Gasteiger partial charge is 0.354 e. The second-order valence-electron chi connectivity index (χ2n) is 5.07. The normalized spacial score (nSPS) is 20.8. The summed E-state index contributed by atoms with van der Waals surface area (Å²) >= 11 is 0. The van der Waals surface area contributed by atoms with E-state index in [0.717, 1.165) is 30.8 Å². The van der Waals surface area contributed by atoms with Crippen LogP contribution < -0.4 is 10.6 Å². The molecule has 0 spiro atoms. The van der Waals surface area contributed by atoms with Gasteiger partial charge in [-0.15, -0.1) is 5.10 Å². The number of aromatic nitrogens is 2. The molecule has 0 aromatic carbocycles. The van der Waals surface area contributed by atoms with Gasteiger partial charge in [-0.1, -0.05) is 0 Å². The fourth-order valence-electron chi connectivity index (χ4n) is 2.36. The summed E-state index contributed by atoms with van der Waals surface area (Å²) in [6.45, 7) is 7.60. The standard InChI is InChI=1S/C13H19N5/c1-8-10(3)16-17-13(12(8)6-14)18-5-4-11(7-18)9(2)15/h9,11H,4-5,7,15H2,1-3H3. The molecule has 1 saturated heterocycles. The summed E-state index contributed by atoms with van der Waals surface area (Å²) in [5.74, 6) is 1.18. The van der Waals surface area contributed by atoms with Gasteiger partial charge in [0.25, 0.3) is 0 Å². The van der Waals surface area contributed by atoms with Gasteiger partial charge < -0.3 is 10.6 Å². The van der Waals surface area contributed by atoms with Crippen molar-refractivity contribution in [1.29, 1.82) is 5.26 Å². The molecule has 1 aliphatic heterocycles. The van der Waals surface area contributed by atoms with Crippen molar-refractivity contribution >= 4 is 5.82 Å². The van der Waals surface area contributed by atoms with Crippen LogP contribution in [0, 0.1) is 31.1 Å². The van der Waals surface area contributed by atoms with Gasteiger partial charge in [-0.2, -0.15) is 10.4 Å². The highest BCUT2D eigenvalue weighted by molar-refractivity contribution is 5.58. The van der Waals surface area contributed by atoms with E-state index in [1.165, 1.54) is 0 Å². The summed E-state index contributed by atoms with van der Waals surface area (Å²) < 4.78 is 0. The summed E-state index contributed by atoms with van der Waals surface area (Å²) in [5.41, 5.74) is 8.32. The minimum Gasteiger partial charge on any atom is -0.354 e. The molecule has 2 unspecified atom stereocenters. The van der Waals surface area contributed by atoms with Crippen LogP contribution in [0.3, 0.4) is 0 Å².